The normalized spacial score (nSPS) is 7.33. The number of hydrogen-bond donors (Lipinski definition) is 0. The van der Waals surface area contributed by atoms with Crippen molar-refractivity contribution in [3.05, 3.63) is 16.1 Å². The Balaban J connectivity index is 0. The van der Waals surface area contributed by atoms with Crippen LogP contribution in [0.1, 0.15) is 10.6 Å². The molecule has 0 fully saturated rings. The third kappa shape index (κ3) is 3.55. The minimum Gasteiger partial charge on any atom is -1.00 e. The van der Waals surface area contributed by atoms with Crippen LogP contribution in [0.25, 0.3) is 0 Å². The fraction of sp³-hybridized carbons (Fsp3) is 0.400. The second kappa shape index (κ2) is 5.65. The van der Waals surface area contributed by atoms with Crippen LogP contribution in [0.5, 0.6) is 0 Å². The molecule has 9 heavy (non-hydrogen) atoms. The van der Waals surface area contributed by atoms with Crippen molar-refractivity contribution >= 4 is 34.4 Å². The van der Waals surface area contributed by atoms with E-state index in [2.05, 4.69) is 10.5 Å². The van der Waals surface area contributed by atoms with Gasteiger partial charge in [-0.1, -0.05) is 13.8 Å². The fourth-order valence-corrected chi connectivity index (χ4v) is 0.825. The predicted molar refractivity (Wildman–Crippen MR) is 36.2 cm³/mol. The summed E-state index contributed by atoms with van der Waals surface area (Å²) >= 11 is 1.57. The van der Waals surface area contributed by atoms with E-state index < -0.39 is 0 Å². The van der Waals surface area contributed by atoms with Gasteiger partial charge in [0, 0.05) is 0 Å². The van der Waals surface area contributed by atoms with Gasteiger partial charge in [0.05, 0.1) is 0 Å². The maximum atomic E-state index is 3.91. The van der Waals surface area contributed by atoms with Gasteiger partial charge in [-0.15, -0.1) is 10.6 Å². The van der Waals surface area contributed by atoms with Gasteiger partial charge in [-0.3, -0.25) is 11.3 Å². The summed E-state index contributed by atoms with van der Waals surface area (Å²) in [7, 11) is 0. The van der Waals surface area contributed by atoms with E-state index in [1.165, 1.54) is 4.88 Å². The van der Waals surface area contributed by atoms with Crippen LogP contribution >= 0.6 is 11.3 Å². The van der Waals surface area contributed by atoms with Crippen LogP contribution in [0.4, 0.5) is 0 Å². The standard InChI is InChI=1S/C5H6NS.BrH.Mg/c1-4-5(2)7-3-6-4;;/h1-2H3;1H;/q-1;;+2/p-1. The van der Waals surface area contributed by atoms with E-state index in [1.54, 1.807) is 11.3 Å². The van der Waals surface area contributed by atoms with Crippen molar-refractivity contribution in [1.82, 2.24) is 4.98 Å². The van der Waals surface area contributed by atoms with E-state index in [9.17, 15) is 0 Å². The molecule has 0 aliphatic rings. The van der Waals surface area contributed by atoms with Gasteiger partial charge in [0.2, 0.25) is 0 Å². The molecule has 1 heterocycles. The zero-order valence-corrected chi connectivity index (χ0v) is 9.26. The SMILES string of the molecule is Cc1n[c-]sc1C.[Br-].[Mg+2]. The van der Waals surface area contributed by atoms with E-state index >= 15 is 0 Å². The second-order valence-corrected chi connectivity index (χ2v) is 2.45. The number of thiazole rings is 1. The Morgan fingerprint density at radius 3 is 2.11 bits per heavy atom. The fourth-order valence-electron chi connectivity index (χ4n) is 0.312. The zero-order valence-electron chi connectivity index (χ0n) is 5.44. The van der Waals surface area contributed by atoms with E-state index in [4.69, 9.17) is 0 Å². The van der Waals surface area contributed by atoms with Crippen molar-refractivity contribution in [3.63, 3.8) is 0 Å². The van der Waals surface area contributed by atoms with E-state index in [1.807, 2.05) is 13.8 Å². The average Bonchev–Trinajstić information content (AvgIpc) is 1.91. The molecule has 0 amide bonds. The molecule has 1 rings (SSSR count). The maximum absolute atomic E-state index is 3.91. The molecule has 1 aromatic rings. The Labute approximate surface area is 85.8 Å². The molecule has 0 atom stereocenters. The van der Waals surface area contributed by atoms with Crippen molar-refractivity contribution < 1.29 is 17.0 Å². The summed E-state index contributed by atoms with van der Waals surface area (Å²) in [6.45, 7) is 4.03. The largest absolute Gasteiger partial charge is 2.00 e. The molecule has 1 aromatic heterocycles. The third-order valence-electron chi connectivity index (χ3n) is 0.922. The Morgan fingerprint density at radius 2 is 2.00 bits per heavy atom. The molecule has 0 spiro atoms. The minimum absolute atomic E-state index is 0. The summed E-state index contributed by atoms with van der Waals surface area (Å²) in [5.74, 6) is 0. The summed E-state index contributed by atoms with van der Waals surface area (Å²) in [6, 6.07) is 0. The van der Waals surface area contributed by atoms with Crippen molar-refractivity contribution in [3.8, 4) is 0 Å². The first-order chi connectivity index (χ1) is 3.30. The van der Waals surface area contributed by atoms with Crippen LogP contribution in [0.3, 0.4) is 0 Å². The molecule has 0 saturated carbocycles. The summed E-state index contributed by atoms with van der Waals surface area (Å²) in [5.41, 5.74) is 3.89. The Kier molecular flexibility index (Phi) is 7.87. The summed E-state index contributed by atoms with van der Waals surface area (Å²) in [5, 5.41) is 0. The van der Waals surface area contributed by atoms with Crippen LogP contribution in [-0.2, 0) is 0 Å². The molecule has 4 heteroatoms. The van der Waals surface area contributed by atoms with Gasteiger partial charge < -0.3 is 22.0 Å². The zero-order chi connectivity index (χ0) is 5.28. The molecule has 0 saturated heterocycles. The van der Waals surface area contributed by atoms with Crippen molar-refractivity contribution in [1.29, 1.82) is 0 Å². The molecular weight excluding hydrogens is 210 g/mol. The third-order valence-corrected chi connectivity index (χ3v) is 1.71. The Bertz CT molecular complexity index is 149. The van der Waals surface area contributed by atoms with Crippen molar-refractivity contribution in [2.24, 2.45) is 0 Å². The van der Waals surface area contributed by atoms with Gasteiger partial charge in [-0.25, -0.2) is 0 Å². The number of nitrogens with zero attached hydrogens (tertiary/aromatic N) is 1. The first-order valence-electron chi connectivity index (χ1n) is 2.11. The predicted octanol–water partition coefficient (Wildman–Crippen LogP) is -1.82. The summed E-state index contributed by atoms with van der Waals surface area (Å²) < 4.78 is 0. The first-order valence-corrected chi connectivity index (χ1v) is 2.92. The van der Waals surface area contributed by atoms with Gasteiger partial charge in [-0.2, -0.15) is 0 Å². The quantitative estimate of drug-likeness (QED) is 0.368. The van der Waals surface area contributed by atoms with Crippen molar-refractivity contribution in [2.45, 2.75) is 13.8 Å². The molecule has 0 bridgehead atoms. The maximum Gasteiger partial charge on any atom is 2.00 e. The number of hydrogen-bond acceptors (Lipinski definition) is 2. The van der Waals surface area contributed by atoms with Gasteiger partial charge in [0.15, 0.2) is 0 Å². The molecule has 0 aromatic carbocycles. The molecule has 46 valence electrons. The van der Waals surface area contributed by atoms with Crippen LogP contribution in [-0.4, -0.2) is 28.0 Å². The molecule has 0 aliphatic carbocycles. The van der Waals surface area contributed by atoms with Crippen LogP contribution in [0, 0.1) is 19.4 Å². The molecule has 0 aliphatic heterocycles. The van der Waals surface area contributed by atoms with E-state index in [0.29, 0.717) is 0 Å². The van der Waals surface area contributed by atoms with E-state index in [-0.39, 0.29) is 40.0 Å². The number of aryl methyl sites for hydroxylation is 2. The second-order valence-electron chi connectivity index (χ2n) is 1.45. The summed E-state index contributed by atoms with van der Waals surface area (Å²) in [6.07, 6.45) is 0. The van der Waals surface area contributed by atoms with Gasteiger partial charge in [0.1, 0.15) is 0 Å². The smallest absolute Gasteiger partial charge is 1.00 e. The Hall–Kier alpha value is 0.876. The monoisotopic (exact) mass is 215 g/mol. The Morgan fingerprint density at radius 1 is 1.44 bits per heavy atom. The van der Waals surface area contributed by atoms with Crippen LogP contribution < -0.4 is 17.0 Å². The topological polar surface area (TPSA) is 12.9 Å². The molecule has 0 unspecified atom stereocenters. The minimum atomic E-state index is 0. The number of aromatic nitrogens is 1. The molecule has 1 nitrogen and oxygen atoms in total. The van der Waals surface area contributed by atoms with E-state index in [0.717, 1.165) is 5.69 Å². The van der Waals surface area contributed by atoms with Crippen LogP contribution in [0.2, 0.25) is 0 Å². The number of halogens is 1. The van der Waals surface area contributed by atoms with Crippen molar-refractivity contribution in [2.75, 3.05) is 0 Å². The molecular formula is C5H6BrMgNS. The molecule has 0 N–H and O–H groups in total. The molecule has 0 radical (unpaired) electrons. The average molecular weight is 216 g/mol. The van der Waals surface area contributed by atoms with Gasteiger partial charge >= 0.3 is 23.1 Å². The number of rotatable bonds is 0. The van der Waals surface area contributed by atoms with Crippen LogP contribution in [0.15, 0.2) is 0 Å². The van der Waals surface area contributed by atoms with Gasteiger partial charge in [-0.05, 0) is 5.51 Å². The summed E-state index contributed by atoms with van der Waals surface area (Å²) in [4.78, 5) is 5.17. The van der Waals surface area contributed by atoms with Gasteiger partial charge in [0.25, 0.3) is 0 Å². The first kappa shape index (κ1) is 12.5.